The van der Waals surface area contributed by atoms with E-state index in [4.69, 9.17) is 4.74 Å². The van der Waals surface area contributed by atoms with Gasteiger partial charge in [-0.1, -0.05) is 11.6 Å². The number of halogens is 3. The summed E-state index contributed by atoms with van der Waals surface area (Å²) >= 11 is 1.15. The third kappa shape index (κ3) is 4.75. The summed E-state index contributed by atoms with van der Waals surface area (Å²) in [6.07, 6.45) is -4.86. The second-order valence-corrected chi connectivity index (χ2v) is 8.58. The van der Waals surface area contributed by atoms with Crippen molar-refractivity contribution in [3.8, 4) is 22.7 Å². The number of hydroxylamine groups is 1. The van der Waals surface area contributed by atoms with Gasteiger partial charge in [0.25, 0.3) is 11.5 Å². The lowest BCUT2D eigenvalue weighted by molar-refractivity contribution is -0.144. The number of benzene rings is 2. The molecule has 0 aliphatic heterocycles. The number of aromatic nitrogens is 3. The number of rotatable bonds is 6. The highest BCUT2D eigenvalue weighted by Crippen LogP contribution is 2.37. The molecule has 0 saturated carbocycles. The zero-order valence-corrected chi connectivity index (χ0v) is 20.0. The van der Waals surface area contributed by atoms with Crippen LogP contribution in [0.25, 0.3) is 27.0 Å². The average molecular weight is 520 g/mol. The van der Waals surface area contributed by atoms with Crippen LogP contribution < -0.4 is 21.5 Å². The number of nitrogens with zero attached hydrogens (tertiary/aromatic N) is 3. The van der Waals surface area contributed by atoms with Crippen LogP contribution in [0.4, 0.5) is 13.2 Å². The summed E-state index contributed by atoms with van der Waals surface area (Å²) in [5.41, 5.74) is 0.533. The van der Waals surface area contributed by atoms with Gasteiger partial charge in [-0.05, 0) is 48.8 Å². The molecule has 36 heavy (non-hydrogen) atoms. The molecular weight excluding hydrogens is 501 g/mol. The molecule has 4 rings (SSSR count). The van der Waals surface area contributed by atoms with Crippen molar-refractivity contribution in [1.82, 2.24) is 19.0 Å². The minimum Gasteiger partial charge on any atom is -0.483 e. The average Bonchev–Trinajstić information content (AvgIpc) is 3.23. The monoisotopic (exact) mass is 520 g/mol. The van der Waals surface area contributed by atoms with Gasteiger partial charge < -0.3 is 4.74 Å². The van der Waals surface area contributed by atoms with Crippen molar-refractivity contribution in [1.29, 1.82) is 0 Å². The van der Waals surface area contributed by atoms with Gasteiger partial charge in [0.2, 0.25) is 0 Å². The van der Waals surface area contributed by atoms with Crippen LogP contribution in [0.1, 0.15) is 11.3 Å². The fraction of sp³-hybridized carbons (Fsp3) is 0.217. The van der Waals surface area contributed by atoms with E-state index in [0.29, 0.717) is 42.3 Å². The molecule has 188 valence electrons. The molecule has 0 radical (unpaired) electrons. The van der Waals surface area contributed by atoms with Crippen molar-refractivity contribution in [3.63, 3.8) is 0 Å². The Bertz CT molecular complexity index is 1590. The summed E-state index contributed by atoms with van der Waals surface area (Å²) in [4.78, 5) is 41.6. The molecule has 0 spiro atoms. The van der Waals surface area contributed by atoms with Gasteiger partial charge in [0.1, 0.15) is 11.4 Å². The molecule has 0 atom stereocenters. The van der Waals surface area contributed by atoms with Crippen molar-refractivity contribution in [2.24, 2.45) is 7.05 Å². The summed E-state index contributed by atoms with van der Waals surface area (Å²) in [6.45, 7) is 1.53. The maximum Gasteiger partial charge on any atom is 0.431 e. The van der Waals surface area contributed by atoms with Crippen molar-refractivity contribution < 1.29 is 27.5 Å². The van der Waals surface area contributed by atoms with Gasteiger partial charge in [-0.3, -0.25) is 19.0 Å². The van der Waals surface area contributed by atoms with Crippen molar-refractivity contribution in [3.05, 3.63) is 74.6 Å². The maximum absolute atomic E-state index is 13.2. The Balaban J connectivity index is 1.84. The molecule has 0 fully saturated rings. The summed E-state index contributed by atoms with van der Waals surface area (Å²) in [5, 5.41) is 0.545. The first kappa shape index (κ1) is 25.1. The van der Waals surface area contributed by atoms with Gasteiger partial charge in [0.05, 0.1) is 23.2 Å². The molecule has 0 aliphatic carbocycles. The molecule has 0 unspecified atom stereocenters. The minimum atomic E-state index is -4.86. The van der Waals surface area contributed by atoms with E-state index in [1.807, 2.05) is 6.92 Å². The van der Waals surface area contributed by atoms with Crippen molar-refractivity contribution >= 4 is 27.5 Å². The molecule has 1 amide bonds. The number of hydrogen-bond donors (Lipinski definition) is 1. The number of ether oxygens (including phenoxy) is 1. The van der Waals surface area contributed by atoms with Crippen LogP contribution in [0.3, 0.4) is 0 Å². The summed E-state index contributed by atoms with van der Waals surface area (Å²) in [6, 6.07) is 10.2. The van der Waals surface area contributed by atoms with Gasteiger partial charge >= 0.3 is 11.9 Å². The minimum absolute atomic E-state index is 0.0814. The zero-order chi connectivity index (χ0) is 26.2. The summed E-state index contributed by atoms with van der Waals surface area (Å²) in [7, 11) is 2.25. The highest BCUT2D eigenvalue weighted by atomic mass is 32.1. The third-order valence-corrected chi connectivity index (χ3v) is 6.11. The highest BCUT2D eigenvalue weighted by Gasteiger charge is 2.35. The first-order valence-electron chi connectivity index (χ1n) is 10.4. The van der Waals surface area contributed by atoms with Gasteiger partial charge in [-0.15, -0.1) is 0 Å². The first-order valence-corrected chi connectivity index (χ1v) is 11.1. The molecule has 9 nitrogen and oxygen atoms in total. The van der Waals surface area contributed by atoms with E-state index >= 15 is 0 Å². The lowest BCUT2D eigenvalue weighted by Crippen LogP contribution is -2.40. The van der Waals surface area contributed by atoms with E-state index in [0.717, 1.165) is 24.1 Å². The number of aryl methyl sites for hydroxylation is 1. The Morgan fingerprint density at radius 1 is 1.14 bits per heavy atom. The summed E-state index contributed by atoms with van der Waals surface area (Å²) in [5.74, 6) is -0.154. The van der Waals surface area contributed by atoms with E-state index in [2.05, 4.69) is 14.7 Å². The zero-order valence-electron chi connectivity index (χ0n) is 19.2. The second-order valence-electron chi connectivity index (χ2n) is 7.77. The molecule has 0 aliphatic rings. The summed E-state index contributed by atoms with van der Waals surface area (Å²) < 4.78 is 51.5. The van der Waals surface area contributed by atoms with Gasteiger partial charge in [0, 0.05) is 24.1 Å². The van der Waals surface area contributed by atoms with E-state index < -0.39 is 29.0 Å². The highest BCUT2D eigenvalue weighted by molar-refractivity contribution is 7.13. The molecule has 1 N–H and O–H groups in total. The molecule has 2 aromatic heterocycles. The molecule has 0 bridgehead atoms. The number of nitrogens with one attached hydrogen (secondary N) is 1. The van der Waals surface area contributed by atoms with Crippen LogP contribution in [-0.4, -0.2) is 33.1 Å². The van der Waals surface area contributed by atoms with Crippen LogP contribution >= 0.6 is 11.5 Å². The molecular formula is C23H19F3N4O5S. The predicted molar refractivity (Wildman–Crippen MR) is 126 cm³/mol. The molecule has 2 aromatic carbocycles. The fourth-order valence-electron chi connectivity index (χ4n) is 3.64. The quantitative estimate of drug-likeness (QED) is 0.392. The van der Waals surface area contributed by atoms with Crippen molar-refractivity contribution in [2.75, 3.05) is 13.7 Å². The smallest absolute Gasteiger partial charge is 0.431 e. The normalized spacial score (nSPS) is 11.6. The van der Waals surface area contributed by atoms with Crippen molar-refractivity contribution in [2.45, 2.75) is 13.1 Å². The fourth-order valence-corrected chi connectivity index (χ4v) is 4.41. The maximum atomic E-state index is 13.2. The van der Waals surface area contributed by atoms with E-state index in [9.17, 15) is 27.6 Å². The Morgan fingerprint density at radius 2 is 1.89 bits per heavy atom. The Labute approximate surface area is 205 Å². The lowest BCUT2D eigenvalue weighted by Gasteiger charge is -2.14. The largest absolute Gasteiger partial charge is 0.483 e. The molecule has 4 aromatic rings. The van der Waals surface area contributed by atoms with E-state index in [1.165, 1.54) is 19.2 Å². The Hall–Kier alpha value is -3.97. The topological polar surface area (TPSA) is 104 Å². The number of alkyl halides is 3. The number of carbonyl (C=O) groups excluding carboxylic acids is 1. The molecule has 0 saturated heterocycles. The van der Waals surface area contributed by atoms with Crippen LogP contribution in [0.5, 0.6) is 5.75 Å². The molecule has 2 heterocycles. The van der Waals surface area contributed by atoms with E-state index in [1.54, 1.807) is 24.3 Å². The SMILES string of the molecule is CONC(=O)COc1ccc(C)cc1-c1nsc2ccc(-n3c(=O)cc(C(F)(F)F)n(C)c3=O)cc12. The molecule has 13 heteroatoms. The Morgan fingerprint density at radius 3 is 2.58 bits per heavy atom. The van der Waals surface area contributed by atoms with Crippen LogP contribution in [0.2, 0.25) is 0 Å². The van der Waals surface area contributed by atoms with Gasteiger partial charge in [0.15, 0.2) is 6.61 Å². The predicted octanol–water partition coefficient (Wildman–Crippen LogP) is 3.20. The Kier molecular flexibility index (Phi) is 6.69. The first-order chi connectivity index (χ1) is 17.0. The van der Waals surface area contributed by atoms with Gasteiger partial charge in [-0.2, -0.15) is 17.5 Å². The van der Waals surface area contributed by atoms with Crippen LogP contribution in [0.15, 0.2) is 52.1 Å². The number of hydrogen-bond acceptors (Lipinski definition) is 7. The number of carbonyl (C=O) groups is 1. The standard InChI is InChI=1S/C23H19F3N4O5S/c1-12-4-6-16(35-11-19(31)27-34-3)14(8-12)21-15-9-13(5-7-17(15)36-28-21)30-20(32)10-18(23(24,25)26)29(2)22(30)33/h4-10H,11H2,1-3H3,(H,27,31). The number of fused-ring (bicyclic) bond motifs is 1. The third-order valence-electron chi connectivity index (χ3n) is 5.29. The van der Waals surface area contributed by atoms with Gasteiger partial charge in [-0.25, -0.2) is 14.8 Å². The van der Waals surface area contributed by atoms with Crippen LogP contribution in [-0.2, 0) is 22.9 Å². The second kappa shape index (κ2) is 9.59. The lowest BCUT2D eigenvalue weighted by atomic mass is 10.0. The van der Waals surface area contributed by atoms with Crippen LogP contribution in [0, 0.1) is 6.92 Å². The number of amides is 1. The van der Waals surface area contributed by atoms with E-state index in [-0.39, 0.29) is 12.3 Å².